The number of rotatable bonds is 5. The third kappa shape index (κ3) is 3.38. The summed E-state index contributed by atoms with van der Waals surface area (Å²) in [4.78, 5) is 11.8. The van der Waals surface area contributed by atoms with E-state index in [-0.39, 0.29) is 11.5 Å². The first kappa shape index (κ1) is 16.7. The Morgan fingerprint density at radius 1 is 1.04 bits per heavy atom. The lowest BCUT2D eigenvalue weighted by atomic mass is 9.95. The fraction of sp³-hybridized carbons (Fsp3) is 0.211. The molecule has 0 amide bonds. The number of cyclic esters (lactones) is 1. The van der Waals surface area contributed by atoms with Crippen LogP contribution in [0.25, 0.3) is 5.57 Å². The standard InChI is InChI=1S/C19H18O6/c1-23-16-9-12(20)4-5-13(16)14-10-19(22)25-17(14)7-11-3-6-15(21)18(8-11)24-2/h3-6,8-10,17,20-21H,7H2,1-2H3/t17-/m0/s1. The van der Waals surface area contributed by atoms with Crippen LogP contribution in [-0.4, -0.2) is 36.5 Å². The van der Waals surface area contributed by atoms with Crippen molar-refractivity contribution in [1.29, 1.82) is 0 Å². The van der Waals surface area contributed by atoms with E-state index in [1.54, 1.807) is 18.2 Å². The zero-order valence-electron chi connectivity index (χ0n) is 13.9. The first-order valence-corrected chi connectivity index (χ1v) is 7.67. The highest BCUT2D eigenvalue weighted by molar-refractivity contribution is 5.98. The van der Waals surface area contributed by atoms with Crippen LogP contribution >= 0.6 is 0 Å². The molecule has 2 aromatic carbocycles. The third-order valence-electron chi connectivity index (χ3n) is 4.04. The highest BCUT2D eigenvalue weighted by atomic mass is 16.5. The van der Waals surface area contributed by atoms with Crippen LogP contribution in [-0.2, 0) is 16.0 Å². The molecule has 0 fully saturated rings. The normalized spacial score (nSPS) is 16.3. The summed E-state index contributed by atoms with van der Waals surface area (Å²) >= 11 is 0. The molecule has 1 atom stereocenters. The van der Waals surface area contributed by atoms with Gasteiger partial charge in [-0.05, 0) is 29.8 Å². The number of aromatic hydroxyl groups is 2. The molecule has 0 saturated carbocycles. The molecule has 2 N–H and O–H groups in total. The Balaban J connectivity index is 1.92. The number of phenols is 2. The van der Waals surface area contributed by atoms with E-state index in [1.807, 2.05) is 0 Å². The Morgan fingerprint density at radius 3 is 2.52 bits per heavy atom. The molecule has 1 heterocycles. The fourth-order valence-electron chi connectivity index (χ4n) is 2.84. The van der Waals surface area contributed by atoms with Gasteiger partial charge in [-0.2, -0.15) is 0 Å². The molecule has 1 aliphatic heterocycles. The van der Waals surface area contributed by atoms with Crippen molar-refractivity contribution in [3.8, 4) is 23.0 Å². The van der Waals surface area contributed by atoms with Gasteiger partial charge in [-0.25, -0.2) is 4.79 Å². The van der Waals surface area contributed by atoms with Crippen LogP contribution in [0.5, 0.6) is 23.0 Å². The third-order valence-corrected chi connectivity index (χ3v) is 4.04. The second-order valence-electron chi connectivity index (χ2n) is 5.62. The summed E-state index contributed by atoms with van der Waals surface area (Å²) < 4.78 is 15.8. The number of hydrogen-bond donors (Lipinski definition) is 2. The summed E-state index contributed by atoms with van der Waals surface area (Å²) in [5.74, 6) is 0.505. The summed E-state index contributed by atoms with van der Waals surface area (Å²) in [6.07, 6.45) is 1.34. The van der Waals surface area contributed by atoms with Crippen molar-refractivity contribution < 1.29 is 29.2 Å². The van der Waals surface area contributed by atoms with Gasteiger partial charge in [0.15, 0.2) is 11.5 Å². The Kier molecular flexibility index (Phi) is 4.52. The van der Waals surface area contributed by atoms with E-state index in [1.165, 1.54) is 38.5 Å². The van der Waals surface area contributed by atoms with E-state index in [4.69, 9.17) is 14.2 Å². The second-order valence-corrected chi connectivity index (χ2v) is 5.62. The average molecular weight is 342 g/mol. The average Bonchev–Trinajstić information content (AvgIpc) is 2.96. The molecule has 3 rings (SSSR count). The Hall–Kier alpha value is -3.15. The van der Waals surface area contributed by atoms with Crippen LogP contribution in [0.3, 0.4) is 0 Å². The van der Waals surface area contributed by atoms with Crippen molar-refractivity contribution in [2.24, 2.45) is 0 Å². The fourth-order valence-corrected chi connectivity index (χ4v) is 2.84. The summed E-state index contributed by atoms with van der Waals surface area (Å²) in [5.41, 5.74) is 2.20. The molecular formula is C19H18O6. The molecule has 0 unspecified atom stereocenters. The SMILES string of the molecule is COc1cc(C[C@@H]2OC(=O)C=C2c2ccc(O)cc2OC)ccc1O. The van der Waals surface area contributed by atoms with Gasteiger partial charge >= 0.3 is 5.97 Å². The molecule has 0 aliphatic carbocycles. The quantitative estimate of drug-likeness (QED) is 0.813. The molecule has 1 aliphatic rings. The van der Waals surface area contributed by atoms with Crippen LogP contribution in [0.1, 0.15) is 11.1 Å². The Labute approximate surface area is 144 Å². The number of methoxy groups -OCH3 is 2. The smallest absolute Gasteiger partial charge is 0.331 e. The summed E-state index contributed by atoms with van der Waals surface area (Å²) in [6.45, 7) is 0. The minimum absolute atomic E-state index is 0.0469. The minimum Gasteiger partial charge on any atom is -0.508 e. The summed E-state index contributed by atoms with van der Waals surface area (Å²) in [6, 6.07) is 9.69. The van der Waals surface area contributed by atoms with E-state index in [0.717, 1.165) is 5.56 Å². The van der Waals surface area contributed by atoms with Crippen LogP contribution in [0.15, 0.2) is 42.5 Å². The number of phenolic OH excluding ortho intramolecular Hbond substituents is 2. The lowest BCUT2D eigenvalue weighted by Crippen LogP contribution is -2.15. The lowest BCUT2D eigenvalue weighted by molar-refractivity contribution is -0.138. The topological polar surface area (TPSA) is 85.2 Å². The monoisotopic (exact) mass is 342 g/mol. The highest BCUT2D eigenvalue weighted by Gasteiger charge is 2.29. The largest absolute Gasteiger partial charge is 0.508 e. The first-order valence-electron chi connectivity index (χ1n) is 7.67. The zero-order valence-corrected chi connectivity index (χ0v) is 13.9. The van der Waals surface area contributed by atoms with Crippen molar-refractivity contribution >= 4 is 11.5 Å². The van der Waals surface area contributed by atoms with Crippen LogP contribution < -0.4 is 9.47 Å². The number of hydrogen-bond acceptors (Lipinski definition) is 6. The van der Waals surface area contributed by atoms with E-state index >= 15 is 0 Å². The molecule has 0 bridgehead atoms. The number of ether oxygens (including phenoxy) is 3. The first-order chi connectivity index (χ1) is 12.0. The maximum absolute atomic E-state index is 11.8. The highest BCUT2D eigenvalue weighted by Crippen LogP contribution is 2.37. The molecule has 0 radical (unpaired) electrons. The molecule has 2 aromatic rings. The zero-order chi connectivity index (χ0) is 18.0. The number of esters is 1. The van der Waals surface area contributed by atoms with Gasteiger partial charge in [-0.3, -0.25) is 0 Å². The molecule has 6 heteroatoms. The van der Waals surface area contributed by atoms with Crippen molar-refractivity contribution in [3.05, 3.63) is 53.6 Å². The van der Waals surface area contributed by atoms with E-state index < -0.39 is 12.1 Å². The van der Waals surface area contributed by atoms with Gasteiger partial charge in [0.1, 0.15) is 17.6 Å². The van der Waals surface area contributed by atoms with Crippen molar-refractivity contribution in [2.75, 3.05) is 14.2 Å². The predicted molar refractivity (Wildman–Crippen MR) is 90.9 cm³/mol. The van der Waals surface area contributed by atoms with Gasteiger partial charge in [0, 0.05) is 29.7 Å². The molecule has 6 nitrogen and oxygen atoms in total. The summed E-state index contributed by atoms with van der Waals surface area (Å²) in [5, 5.41) is 19.3. The second kappa shape index (κ2) is 6.76. The van der Waals surface area contributed by atoms with Gasteiger partial charge in [-0.1, -0.05) is 6.07 Å². The summed E-state index contributed by atoms with van der Waals surface area (Å²) in [7, 11) is 2.97. The number of carbonyl (C=O) groups is 1. The van der Waals surface area contributed by atoms with Gasteiger partial charge in [0.05, 0.1) is 14.2 Å². The molecular weight excluding hydrogens is 324 g/mol. The molecule has 0 spiro atoms. The van der Waals surface area contributed by atoms with Crippen molar-refractivity contribution in [3.63, 3.8) is 0 Å². The Morgan fingerprint density at radius 2 is 1.80 bits per heavy atom. The van der Waals surface area contributed by atoms with Crippen molar-refractivity contribution in [1.82, 2.24) is 0 Å². The predicted octanol–water partition coefficient (Wildman–Crippen LogP) is 2.67. The van der Waals surface area contributed by atoms with Crippen molar-refractivity contribution in [2.45, 2.75) is 12.5 Å². The lowest BCUT2D eigenvalue weighted by Gasteiger charge is -2.17. The van der Waals surface area contributed by atoms with Crippen LogP contribution in [0.4, 0.5) is 0 Å². The maximum atomic E-state index is 11.8. The van der Waals surface area contributed by atoms with Gasteiger partial charge in [0.2, 0.25) is 0 Å². The van der Waals surface area contributed by atoms with E-state index in [9.17, 15) is 15.0 Å². The Bertz CT molecular complexity index is 840. The molecule has 0 aromatic heterocycles. The van der Waals surface area contributed by atoms with Crippen LogP contribution in [0.2, 0.25) is 0 Å². The number of benzene rings is 2. The molecule has 0 saturated heterocycles. The maximum Gasteiger partial charge on any atom is 0.331 e. The minimum atomic E-state index is -0.500. The van der Waals surface area contributed by atoms with Gasteiger partial charge in [-0.15, -0.1) is 0 Å². The van der Waals surface area contributed by atoms with Crippen LogP contribution in [0, 0.1) is 0 Å². The van der Waals surface area contributed by atoms with Gasteiger partial charge in [0.25, 0.3) is 0 Å². The molecule has 130 valence electrons. The van der Waals surface area contributed by atoms with Gasteiger partial charge < -0.3 is 24.4 Å². The van der Waals surface area contributed by atoms with E-state index in [0.29, 0.717) is 29.1 Å². The molecule has 25 heavy (non-hydrogen) atoms. The number of carbonyl (C=O) groups excluding carboxylic acids is 1. The van der Waals surface area contributed by atoms with E-state index in [2.05, 4.69) is 0 Å².